The molecule has 1 atom stereocenters. The highest BCUT2D eigenvalue weighted by molar-refractivity contribution is 14.0. The maximum absolute atomic E-state index is 12.5. The van der Waals surface area contributed by atoms with Crippen LogP contribution >= 0.6 is 24.0 Å². The van der Waals surface area contributed by atoms with Gasteiger partial charge >= 0.3 is 0 Å². The van der Waals surface area contributed by atoms with Crippen LogP contribution in [0.3, 0.4) is 0 Å². The van der Waals surface area contributed by atoms with Crippen molar-refractivity contribution < 1.29 is 9.53 Å². The van der Waals surface area contributed by atoms with E-state index in [-0.39, 0.29) is 36.0 Å². The molecule has 2 aliphatic heterocycles. The van der Waals surface area contributed by atoms with Gasteiger partial charge in [-0.05, 0) is 32.3 Å². The summed E-state index contributed by atoms with van der Waals surface area (Å²) >= 11 is 0. The van der Waals surface area contributed by atoms with Gasteiger partial charge in [-0.25, -0.2) is 0 Å². The lowest BCUT2D eigenvalue weighted by atomic mass is 10.2. The molecule has 1 aromatic rings. The van der Waals surface area contributed by atoms with E-state index in [0.29, 0.717) is 6.61 Å². The Balaban J connectivity index is 0.00000261. The van der Waals surface area contributed by atoms with Crippen LogP contribution in [0.4, 0.5) is 0 Å². The van der Waals surface area contributed by atoms with Gasteiger partial charge in [-0.3, -0.25) is 14.5 Å². The number of rotatable bonds is 6. The van der Waals surface area contributed by atoms with E-state index in [1.807, 2.05) is 21.8 Å². The van der Waals surface area contributed by atoms with Gasteiger partial charge in [0.1, 0.15) is 6.10 Å². The van der Waals surface area contributed by atoms with Crippen molar-refractivity contribution in [3.8, 4) is 0 Å². The number of piperazine rings is 1. The molecule has 2 saturated heterocycles. The van der Waals surface area contributed by atoms with Crippen LogP contribution < -0.4 is 5.32 Å². The van der Waals surface area contributed by atoms with E-state index in [2.05, 4.69) is 22.2 Å². The molecule has 3 heterocycles. The zero-order valence-corrected chi connectivity index (χ0v) is 18.4. The molecule has 2 fully saturated rings. The van der Waals surface area contributed by atoms with Gasteiger partial charge in [0.25, 0.3) is 5.91 Å². The molecule has 27 heavy (non-hydrogen) atoms. The van der Waals surface area contributed by atoms with Crippen molar-refractivity contribution >= 4 is 35.8 Å². The molecule has 0 bridgehead atoms. The SMILES string of the molecule is CCNC(=NCCCn1cccn1)N1CCN(C(=O)C2CCCO2)CC1.I. The number of nitrogens with zero attached hydrogens (tertiary/aromatic N) is 5. The van der Waals surface area contributed by atoms with Crippen LogP contribution in [0.1, 0.15) is 26.2 Å². The predicted octanol–water partition coefficient (Wildman–Crippen LogP) is 1.18. The number of guanidine groups is 1. The summed E-state index contributed by atoms with van der Waals surface area (Å²) in [5.41, 5.74) is 0. The Hall–Kier alpha value is -1.36. The number of ether oxygens (including phenoxy) is 1. The van der Waals surface area contributed by atoms with E-state index in [0.717, 1.165) is 71.0 Å². The first kappa shape index (κ1) is 21.9. The smallest absolute Gasteiger partial charge is 0.251 e. The van der Waals surface area contributed by atoms with Gasteiger partial charge in [0, 0.05) is 64.8 Å². The first-order valence-electron chi connectivity index (χ1n) is 9.69. The van der Waals surface area contributed by atoms with Crippen LogP contribution in [-0.2, 0) is 16.1 Å². The number of aryl methyl sites for hydroxylation is 1. The summed E-state index contributed by atoms with van der Waals surface area (Å²) in [5, 5.41) is 7.58. The molecule has 8 nitrogen and oxygen atoms in total. The number of amides is 1. The van der Waals surface area contributed by atoms with E-state index in [9.17, 15) is 4.79 Å². The molecule has 2 aliphatic rings. The highest BCUT2D eigenvalue weighted by atomic mass is 127. The van der Waals surface area contributed by atoms with Crippen molar-refractivity contribution in [2.24, 2.45) is 4.99 Å². The second-order valence-electron chi connectivity index (χ2n) is 6.67. The maximum atomic E-state index is 12.5. The Kier molecular flexibility index (Phi) is 9.32. The van der Waals surface area contributed by atoms with E-state index < -0.39 is 0 Å². The molecule has 9 heteroatoms. The number of carbonyl (C=O) groups excluding carboxylic acids is 1. The van der Waals surface area contributed by atoms with Gasteiger partial charge in [-0.15, -0.1) is 24.0 Å². The van der Waals surface area contributed by atoms with Gasteiger partial charge in [-0.1, -0.05) is 0 Å². The standard InChI is InChI=1S/C18H30N6O2.HI/c1-2-19-18(20-7-4-9-24-10-5-8-21-24)23-13-11-22(12-14-23)17(25)16-6-3-15-26-16;/h5,8,10,16H,2-4,6-7,9,11-15H2,1H3,(H,19,20);1H. The molecule has 0 aliphatic carbocycles. The van der Waals surface area contributed by atoms with E-state index in [1.54, 1.807) is 6.20 Å². The van der Waals surface area contributed by atoms with Crippen LogP contribution in [-0.4, -0.2) is 83.4 Å². The van der Waals surface area contributed by atoms with Crippen molar-refractivity contribution in [2.45, 2.75) is 38.8 Å². The number of hydrogen-bond acceptors (Lipinski definition) is 4. The molecule has 0 saturated carbocycles. The molecule has 1 aromatic heterocycles. The number of halogens is 1. The first-order valence-corrected chi connectivity index (χ1v) is 9.69. The number of aromatic nitrogens is 2. The fourth-order valence-electron chi connectivity index (χ4n) is 3.39. The monoisotopic (exact) mass is 490 g/mol. The topological polar surface area (TPSA) is 75.0 Å². The normalized spacial score (nSPS) is 20.5. The third-order valence-electron chi connectivity index (χ3n) is 4.80. The molecule has 0 aromatic carbocycles. The van der Waals surface area contributed by atoms with E-state index >= 15 is 0 Å². The summed E-state index contributed by atoms with van der Waals surface area (Å²) in [4.78, 5) is 21.4. The summed E-state index contributed by atoms with van der Waals surface area (Å²) in [7, 11) is 0. The lowest BCUT2D eigenvalue weighted by Gasteiger charge is -2.37. The van der Waals surface area contributed by atoms with Gasteiger partial charge in [0.2, 0.25) is 0 Å². The Bertz CT molecular complexity index is 581. The third kappa shape index (κ3) is 6.34. The molecular formula is C18H31IN6O2. The quantitative estimate of drug-likeness (QED) is 0.281. The van der Waals surface area contributed by atoms with Gasteiger partial charge in [-0.2, -0.15) is 5.10 Å². The lowest BCUT2D eigenvalue weighted by Crippen LogP contribution is -2.55. The minimum atomic E-state index is -0.217. The molecule has 1 N–H and O–H groups in total. The number of hydrogen-bond donors (Lipinski definition) is 1. The van der Waals surface area contributed by atoms with Gasteiger partial charge < -0.3 is 19.9 Å². The summed E-state index contributed by atoms with van der Waals surface area (Å²) in [6.07, 6.45) is 6.36. The maximum Gasteiger partial charge on any atom is 0.251 e. The second-order valence-corrected chi connectivity index (χ2v) is 6.67. The Morgan fingerprint density at radius 2 is 2.07 bits per heavy atom. The number of nitrogens with one attached hydrogen (secondary N) is 1. The molecular weight excluding hydrogens is 459 g/mol. The molecule has 152 valence electrons. The minimum Gasteiger partial charge on any atom is -0.368 e. The Labute approximate surface area is 178 Å². The van der Waals surface area contributed by atoms with Gasteiger partial charge in [0.15, 0.2) is 5.96 Å². The first-order chi connectivity index (χ1) is 12.8. The molecule has 3 rings (SSSR count). The van der Waals surface area contributed by atoms with Crippen molar-refractivity contribution in [3.63, 3.8) is 0 Å². The Morgan fingerprint density at radius 3 is 2.70 bits per heavy atom. The zero-order valence-electron chi connectivity index (χ0n) is 16.0. The van der Waals surface area contributed by atoms with Crippen LogP contribution in [0.15, 0.2) is 23.5 Å². The van der Waals surface area contributed by atoms with Crippen LogP contribution in [0.25, 0.3) is 0 Å². The van der Waals surface area contributed by atoms with Crippen LogP contribution in [0.2, 0.25) is 0 Å². The fraction of sp³-hybridized carbons (Fsp3) is 0.722. The summed E-state index contributed by atoms with van der Waals surface area (Å²) in [5.74, 6) is 1.10. The fourth-order valence-corrected chi connectivity index (χ4v) is 3.39. The minimum absolute atomic E-state index is 0. The Morgan fingerprint density at radius 1 is 1.30 bits per heavy atom. The summed E-state index contributed by atoms with van der Waals surface area (Å²) in [6.45, 7) is 8.35. The second kappa shape index (κ2) is 11.5. The van der Waals surface area contributed by atoms with Crippen molar-refractivity contribution in [2.75, 3.05) is 45.9 Å². The third-order valence-corrected chi connectivity index (χ3v) is 4.80. The molecule has 0 radical (unpaired) electrons. The lowest BCUT2D eigenvalue weighted by molar-refractivity contribution is -0.142. The van der Waals surface area contributed by atoms with Crippen molar-refractivity contribution in [1.82, 2.24) is 24.9 Å². The van der Waals surface area contributed by atoms with Crippen molar-refractivity contribution in [1.29, 1.82) is 0 Å². The van der Waals surface area contributed by atoms with E-state index in [1.165, 1.54) is 0 Å². The largest absolute Gasteiger partial charge is 0.368 e. The van der Waals surface area contributed by atoms with Crippen LogP contribution in [0, 0.1) is 0 Å². The number of aliphatic imine (C=N–C) groups is 1. The molecule has 1 amide bonds. The predicted molar refractivity (Wildman–Crippen MR) is 115 cm³/mol. The number of carbonyl (C=O) groups is 1. The molecule has 1 unspecified atom stereocenters. The summed E-state index contributed by atoms with van der Waals surface area (Å²) < 4.78 is 7.46. The van der Waals surface area contributed by atoms with Gasteiger partial charge in [0.05, 0.1) is 0 Å². The zero-order chi connectivity index (χ0) is 18.2. The molecule has 0 spiro atoms. The van der Waals surface area contributed by atoms with Crippen LogP contribution in [0.5, 0.6) is 0 Å². The average Bonchev–Trinajstić information content (AvgIpc) is 3.38. The van der Waals surface area contributed by atoms with E-state index in [4.69, 9.17) is 9.73 Å². The highest BCUT2D eigenvalue weighted by Gasteiger charge is 2.30. The van der Waals surface area contributed by atoms with Crippen molar-refractivity contribution in [3.05, 3.63) is 18.5 Å². The highest BCUT2D eigenvalue weighted by Crippen LogP contribution is 2.16. The average molecular weight is 490 g/mol. The summed E-state index contributed by atoms with van der Waals surface area (Å²) in [6, 6.07) is 1.94.